The zero-order chi connectivity index (χ0) is 17.5. The molecule has 0 saturated carbocycles. The Morgan fingerprint density at radius 3 is 2.33 bits per heavy atom. The first-order valence-corrected chi connectivity index (χ1v) is 7.80. The summed E-state index contributed by atoms with van der Waals surface area (Å²) in [5.41, 5.74) is 1.52. The third-order valence-electron chi connectivity index (χ3n) is 3.41. The van der Waals surface area contributed by atoms with Crippen LogP contribution in [0.4, 0.5) is 0 Å². The van der Waals surface area contributed by atoms with Crippen LogP contribution < -0.4 is 10.1 Å². The Hall–Kier alpha value is -2.82. The monoisotopic (exact) mass is 327 g/mol. The fourth-order valence-electron chi connectivity index (χ4n) is 2.33. The van der Waals surface area contributed by atoms with Crippen LogP contribution >= 0.6 is 0 Å². The number of carboxylic acids is 1. The number of nitrogens with one attached hydrogen (secondary N) is 1. The minimum Gasteiger partial charge on any atom is -0.491 e. The number of aromatic carboxylic acids is 1. The molecule has 126 valence electrons. The summed E-state index contributed by atoms with van der Waals surface area (Å²) in [6.45, 7) is 4.22. The van der Waals surface area contributed by atoms with Gasteiger partial charge in [0.2, 0.25) is 5.91 Å². The molecule has 0 fully saturated rings. The summed E-state index contributed by atoms with van der Waals surface area (Å²) < 4.78 is 5.72. The van der Waals surface area contributed by atoms with Gasteiger partial charge in [0.25, 0.3) is 0 Å². The van der Waals surface area contributed by atoms with Gasteiger partial charge in [-0.2, -0.15) is 0 Å². The Bertz CT molecular complexity index is 725. The van der Waals surface area contributed by atoms with Gasteiger partial charge < -0.3 is 15.2 Å². The molecule has 2 aromatic rings. The van der Waals surface area contributed by atoms with E-state index in [4.69, 9.17) is 9.84 Å². The first kappa shape index (κ1) is 17.5. The Morgan fingerprint density at radius 1 is 1.04 bits per heavy atom. The van der Waals surface area contributed by atoms with E-state index in [9.17, 15) is 9.59 Å². The van der Waals surface area contributed by atoms with Crippen molar-refractivity contribution in [3.8, 4) is 5.75 Å². The predicted molar refractivity (Wildman–Crippen MR) is 91.2 cm³/mol. The van der Waals surface area contributed by atoms with Gasteiger partial charge in [0.15, 0.2) is 0 Å². The molecular formula is C19H21NO4. The van der Waals surface area contributed by atoms with Gasteiger partial charge in [-0.1, -0.05) is 36.4 Å². The number of carboxylic acid groups (broad SMARTS) is 1. The largest absolute Gasteiger partial charge is 0.491 e. The number of hydrogen-bond acceptors (Lipinski definition) is 3. The fourth-order valence-corrected chi connectivity index (χ4v) is 2.33. The number of amides is 1. The highest BCUT2D eigenvalue weighted by atomic mass is 16.5. The van der Waals surface area contributed by atoms with Crippen LogP contribution in [-0.4, -0.2) is 23.1 Å². The number of carbonyl (C=O) groups is 2. The molecular weight excluding hydrogens is 306 g/mol. The summed E-state index contributed by atoms with van der Waals surface area (Å²) in [6.07, 6.45) is 0.0691. The van der Waals surface area contributed by atoms with E-state index in [0.29, 0.717) is 12.1 Å². The van der Waals surface area contributed by atoms with Gasteiger partial charge in [-0.15, -0.1) is 0 Å². The highest BCUT2D eigenvalue weighted by Gasteiger charge is 2.13. The summed E-state index contributed by atoms with van der Waals surface area (Å²) in [5, 5.41) is 12.0. The number of carbonyl (C=O) groups excluding carboxylic acids is 1. The van der Waals surface area contributed by atoms with Crippen molar-refractivity contribution in [2.75, 3.05) is 0 Å². The molecule has 2 aromatic carbocycles. The molecule has 0 aliphatic carbocycles. The first-order valence-electron chi connectivity index (χ1n) is 7.80. The van der Waals surface area contributed by atoms with E-state index in [1.807, 2.05) is 38.1 Å². The van der Waals surface area contributed by atoms with E-state index < -0.39 is 5.97 Å². The van der Waals surface area contributed by atoms with E-state index in [1.54, 1.807) is 18.2 Å². The molecule has 0 heterocycles. The minimum absolute atomic E-state index is 0.0235. The maximum Gasteiger partial charge on any atom is 0.335 e. The van der Waals surface area contributed by atoms with Crippen LogP contribution in [0, 0.1) is 0 Å². The van der Waals surface area contributed by atoms with E-state index in [0.717, 1.165) is 11.3 Å². The number of benzene rings is 2. The summed E-state index contributed by atoms with van der Waals surface area (Å²) in [5.74, 6) is -0.532. The average Bonchev–Trinajstić information content (AvgIpc) is 2.54. The number of para-hydroxylation sites is 1. The number of rotatable bonds is 7. The van der Waals surface area contributed by atoms with Crippen molar-refractivity contribution in [2.24, 2.45) is 0 Å². The van der Waals surface area contributed by atoms with Crippen LogP contribution in [0.25, 0.3) is 0 Å². The molecule has 24 heavy (non-hydrogen) atoms. The second-order valence-corrected chi connectivity index (χ2v) is 5.69. The standard InChI is InChI=1S/C19H21NO4/c1-13(2)24-17-10-6-4-8-15(17)12-20-18(21)11-14-7-3-5-9-16(14)19(22)23/h3-10,13H,11-12H2,1-2H3,(H,20,21)(H,22,23). The third kappa shape index (κ3) is 4.84. The van der Waals surface area contributed by atoms with E-state index in [1.165, 1.54) is 6.07 Å². The molecule has 1 amide bonds. The second-order valence-electron chi connectivity index (χ2n) is 5.69. The summed E-state index contributed by atoms with van der Waals surface area (Å²) in [6, 6.07) is 14.0. The molecule has 0 aliphatic heterocycles. The maximum absolute atomic E-state index is 12.1. The fraction of sp³-hybridized carbons (Fsp3) is 0.263. The maximum atomic E-state index is 12.1. The molecule has 5 nitrogen and oxygen atoms in total. The van der Waals surface area contributed by atoms with E-state index in [2.05, 4.69) is 5.32 Å². The van der Waals surface area contributed by atoms with Gasteiger partial charge in [-0.3, -0.25) is 4.79 Å². The molecule has 0 aromatic heterocycles. The molecule has 2 N–H and O–H groups in total. The topological polar surface area (TPSA) is 75.6 Å². The Labute approximate surface area is 141 Å². The predicted octanol–water partition coefficient (Wildman–Crippen LogP) is 3.03. The summed E-state index contributed by atoms with van der Waals surface area (Å²) in [7, 11) is 0. The summed E-state index contributed by atoms with van der Waals surface area (Å²) >= 11 is 0. The molecule has 0 saturated heterocycles. The lowest BCUT2D eigenvalue weighted by atomic mass is 10.0. The lowest BCUT2D eigenvalue weighted by Gasteiger charge is -2.14. The van der Waals surface area contributed by atoms with E-state index >= 15 is 0 Å². The molecule has 0 unspecified atom stereocenters. The van der Waals surface area contributed by atoms with Gasteiger partial charge in [0, 0.05) is 12.1 Å². The highest BCUT2D eigenvalue weighted by molar-refractivity contribution is 5.91. The summed E-state index contributed by atoms with van der Waals surface area (Å²) in [4.78, 5) is 23.3. The lowest BCUT2D eigenvalue weighted by molar-refractivity contribution is -0.120. The zero-order valence-corrected chi connectivity index (χ0v) is 13.8. The zero-order valence-electron chi connectivity index (χ0n) is 13.8. The van der Waals surface area contributed by atoms with Crippen LogP contribution in [0.3, 0.4) is 0 Å². The second kappa shape index (κ2) is 8.15. The van der Waals surface area contributed by atoms with Crippen LogP contribution in [0.15, 0.2) is 48.5 Å². The van der Waals surface area contributed by atoms with Gasteiger partial charge in [0.1, 0.15) is 5.75 Å². The molecule has 5 heteroatoms. The highest BCUT2D eigenvalue weighted by Crippen LogP contribution is 2.19. The van der Waals surface area contributed by atoms with Crippen LogP contribution in [0.5, 0.6) is 5.75 Å². The minimum atomic E-state index is -1.03. The Morgan fingerprint density at radius 2 is 1.67 bits per heavy atom. The van der Waals surface area contributed by atoms with Crippen molar-refractivity contribution in [3.63, 3.8) is 0 Å². The number of hydrogen-bond donors (Lipinski definition) is 2. The van der Waals surface area contributed by atoms with Crippen molar-refractivity contribution in [2.45, 2.75) is 32.9 Å². The molecule has 0 aliphatic rings. The quantitative estimate of drug-likeness (QED) is 0.819. The number of ether oxygens (including phenoxy) is 1. The van der Waals surface area contributed by atoms with Crippen molar-refractivity contribution in [1.29, 1.82) is 0 Å². The van der Waals surface area contributed by atoms with Gasteiger partial charge in [-0.05, 0) is 31.5 Å². The molecule has 0 spiro atoms. The van der Waals surface area contributed by atoms with E-state index in [-0.39, 0.29) is 24.0 Å². The Balaban J connectivity index is 2.01. The first-order chi connectivity index (χ1) is 11.5. The van der Waals surface area contributed by atoms with Crippen molar-refractivity contribution in [1.82, 2.24) is 5.32 Å². The van der Waals surface area contributed by atoms with Crippen molar-refractivity contribution < 1.29 is 19.4 Å². The molecule has 0 bridgehead atoms. The molecule has 0 atom stereocenters. The van der Waals surface area contributed by atoms with Gasteiger partial charge in [0.05, 0.1) is 18.1 Å². The normalized spacial score (nSPS) is 10.5. The van der Waals surface area contributed by atoms with Crippen LogP contribution in [-0.2, 0) is 17.8 Å². The van der Waals surface area contributed by atoms with Gasteiger partial charge >= 0.3 is 5.97 Å². The van der Waals surface area contributed by atoms with Crippen molar-refractivity contribution >= 4 is 11.9 Å². The van der Waals surface area contributed by atoms with Gasteiger partial charge in [-0.25, -0.2) is 4.79 Å². The molecule has 0 radical (unpaired) electrons. The average molecular weight is 327 g/mol. The smallest absolute Gasteiger partial charge is 0.335 e. The lowest BCUT2D eigenvalue weighted by Crippen LogP contribution is -2.25. The Kier molecular flexibility index (Phi) is 5.95. The SMILES string of the molecule is CC(C)Oc1ccccc1CNC(=O)Cc1ccccc1C(=O)O. The molecule has 2 rings (SSSR count). The van der Waals surface area contributed by atoms with Crippen LogP contribution in [0.1, 0.15) is 35.3 Å². The van der Waals surface area contributed by atoms with Crippen molar-refractivity contribution in [3.05, 3.63) is 65.2 Å². The van der Waals surface area contributed by atoms with Crippen LogP contribution in [0.2, 0.25) is 0 Å². The third-order valence-corrected chi connectivity index (χ3v) is 3.41.